The van der Waals surface area contributed by atoms with Gasteiger partial charge in [-0.2, -0.15) is 0 Å². The van der Waals surface area contributed by atoms with Crippen molar-refractivity contribution in [2.45, 2.75) is 12.3 Å². The third-order valence-electron chi connectivity index (χ3n) is 5.80. The fourth-order valence-corrected chi connectivity index (χ4v) is 4.25. The largest absolute Gasteiger partial charge is 0.379 e. The average molecular weight is 457 g/mol. The second-order valence-corrected chi connectivity index (χ2v) is 8.28. The number of ether oxygens (including phenoxy) is 1. The lowest BCUT2D eigenvalue weighted by Crippen LogP contribution is -2.41. The number of nitro groups is 1. The number of halogens is 1. The Bertz CT molecular complexity index is 1090. The van der Waals surface area contributed by atoms with Crippen LogP contribution in [0.2, 0.25) is 5.02 Å². The maximum atomic E-state index is 12.8. The van der Waals surface area contributed by atoms with Crippen molar-refractivity contribution in [2.24, 2.45) is 0 Å². The number of hydrogen-bond donors (Lipinski definition) is 2. The number of hydrogen-bond acceptors (Lipinski definition) is 5. The second kappa shape index (κ2) is 10.1. The quantitative estimate of drug-likeness (QED) is 0.397. The van der Waals surface area contributed by atoms with Crippen molar-refractivity contribution in [3.63, 3.8) is 0 Å². The molecule has 0 spiro atoms. The first-order valence-corrected chi connectivity index (χ1v) is 11.0. The molecule has 0 aliphatic carbocycles. The van der Waals surface area contributed by atoms with E-state index in [4.69, 9.17) is 16.3 Å². The first-order valence-electron chi connectivity index (χ1n) is 10.6. The Labute approximate surface area is 190 Å². The van der Waals surface area contributed by atoms with Crippen molar-refractivity contribution in [1.29, 1.82) is 0 Å². The SMILES string of the molecule is O=C(C[C@H](c1ccc([N+](=O)[O-])cc1)c1c[nH]c2ccc(Cl)cc12)NCCN1CCOCC1. The summed E-state index contributed by atoms with van der Waals surface area (Å²) in [7, 11) is 0. The lowest BCUT2D eigenvalue weighted by molar-refractivity contribution is -0.384. The number of nitrogens with zero attached hydrogens (tertiary/aromatic N) is 2. The van der Waals surface area contributed by atoms with Gasteiger partial charge < -0.3 is 15.0 Å². The Morgan fingerprint density at radius 2 is 1.97 bits per heavy atom. The van der Waals surface area contributed by atoms with Gasteiger partial charge in [0.1, 0.15) is 0 Å². The molecule has 1 fully saturated rings. The van der Waals surface area contributed by atoms with Gasteiger partial charge in [-0.05, 0) is 29.3 Å². The van der Waals surface area contributed by atoms with E-state index in [9.17, 15) is 14.9 Å². The van der Waals surface area contributed by atoms with Gasteiger partial charge in [-0.3, -0.25) is 19.8 Å². The van der Waals surface area contributed by atoms with Crippen molar-refractivity contribution in [2.75, 3.05) is 39.4 Å². The van der Waals surface area contributed by atoms with Crippen LogP contribution in [0.5, 0.6) is 0 Å². The molecule has 4 rings (SSSR count). The smallest absolute Gasteiger partial charge is 0.269 e. The van der Waals surface area contributed by atoms with E-state index >= 15 is 0 Å². The Balaban J connectivity index is 1.53. The monoisotopic (exact) mass is 456 g/mol. The Morgan fingerprint density at radius 1 is 1.22 bits per heavy atom. The maximum Gasteiger partial charge on any atom is 0.269 e. The zero-order chi connectivity index (χ0) is 22.5. The number of carbonyl (C=O) groups is 1. The van der Waals surface area contributed by atoms with E-state index in [-0.39, 0.29) is 23.9 Å². The summed E-state index contributed by atoms with van der Waals surface area (Å²) in [5.74, 6) is -0.343. The molecule has 1 amide bonds. The number of aromatic nitrogens is 1. The van der Waals surface area contributed by atoms with Gasteiger partial charge >= 0.3 is 0 Å². The minimum absolute atomic E-state index is 0.0180. The molecule has 3 aromatic rings. The van der Waals surface area contributed by atoms with Gasteiger partial charge in [0.15, 0.2) is 0 Å². The van der Waals surface area contributed by atoms with Crippen LogP contribution in [0.4, 0.5) is 5.69 Å². The summed E-state index contributed by atoms with van der Waals surface area (Å²) in [5, 5.41) is 15.6. The number of benzene rings is 2. The van der Waals surface area contributed by atoms with E-state index < -0.39 is 4.92 Å². The molecule has 2 heterocycles. The van der Waals surface area contributed by atoms with Gasteiger partial charge in [0.2, 0.25) is 5.91 Å². The highest BCUT2D eigenvalue weighted by Gasteiger charge is 2.22. The highest BCUT2D eigenvalue weighted by molar-refractivity contribution is 6.31. The summed E-state index contributed by atoms with van der Waals surface area (Å²) in [6, 6.07) is 12.0. The number of carbonyl (C=O) groups excluding carboxylic acids is 1. The number of nitro benzene ring substituents is 1. The average Bonchev–Trinajstić information content (AvgIpc) is 3.21. The predicted molar refractivity (Wildman–Crippen MR) is 123 cm³/mol. The molecular weight excluding hydrogens is 432 g/mol. The van der Waals surface area contributed by atoms with Crippen LogP contribution in [0.1, 0.15) is 23.5 Å². The molecule has 0 radical (unpaired) electrons. The number of aromatic amines is 1. The molecule has 32 heavy (non-hydrogen) atoms. The molecule has 1 aromatic heterocycles. The molecule has 9 heteroatoms. The van der Waals surface area contributed by atoms with Crippen molar-refractivity contribution >= 4 is 34.1 Å². The van der Waals surface area contributed by atoms with E-state index in [0.29, 0.717) is 11.6 Å². The Kier molecular flexibility index (Phi) is 7.04. The Morgan fingerprint density at radius 3 is 2.69 bits per heavy atom. The zero-order valence-electron chi connectivity index (χ0n) is 17.6. The molecule has 0 unspecified atom stereocenters. The van der Waals surface area contributed by atoms with Gasteiger partial charge in [-0.25, -0.2) is 0 Å². The molecule has 0 bridgehead atoms. The van der Waals surface area contributed by atoms with Crippen molar-refractivity contribution in [1.82, 2.24) is 15.2 Å². The van der Waals surface area contributed by atoms with Crippen molar-refractivity contribution in [3.8, 4) is 0 Å². The van der Waals surface area contributed by atoms with Crippen LogP contribution in [0.15, 0.2) is 48.7 Å². The van der Waals surface area contributed by atoms with Crippen LogP contribution >= 0.6 is 11.6 Å². The van der Waals surface area contributed by atoms with E-state index in [1.807, 2.05) is 24.4 Å². The third-order valence-corrected chi connectivity index (χ3v) is 6.04. The van der Waals surface area contributed by atoms with Crippen molar-refractivity contribution in [3.05, 3.63) is 74.9 Å². The minimum atomic E-state index is -0.428. The second-order valence-electron chi connectivity index (χ2n) is 7.84. The molecule has 168 valence electrons. The molecule has 2 aromatic carbocycles. The fraction of sp³-hybridized carbons (Fsp3) is 0.348. The standard InChI is InChI=1S/C23H25ClN4O4/c24-17-3-6-22-20(13-17)21(15-26-22)19(16-1-4-18(5-2-16)28(30)31)14-23(29)25-7-8-27-9-11-32-12-10-27/h1-6,13,15,19,26H,7-12,14H2,(H,25,29)/t19-/m1/s1. The summed E-state index contributed by atoms with van der Waals surface area (Å²) in [5.41, 5.74) is 2.70. The molecule has 0 saturated carbocycles. The van der Waals surface area contributed by atoms with Gasteiger partial charge in [0.05, 0.1) is 18.1 Å². The lowest BCUT2D eigenvalue weighted by atomic mass is 9.88. The molecule has 1 aliphatic heterocycles. The summed E-state index contributed by atoms with van der Waals surface area (Å²) >= 11 is 6.22. The van der Waals surface area contributed by atoms with E-state index in [1.54, 1.807) is 12.1 Å². The fourth-order valence-electron chi connectivity index (χ4n) is 4.07. The molecular formula is C23H25ClN4O4. The molecule has 2 N–H and O–H groups in total. The number of non-ortho nitro benzene ring substituents is 1. The third kappa shape index (κ3) is 5.27. The number of rotatable bonds is 8. The molecule has 1 aliphatic rings. The number of H-pyrrole nitrogens is 1. The van der Waals surface area contributed by atoms with Crippen LogP contribution in [-0.4, -0.2) is 60.1 Å². The summed E-state index contributed by atoms with van der Waals surface area (Å²) in [4.78, 5) is 29.0. The van der Waals surface area contributed by atoms with Crippen LogP contribution < -0.4 is 5.32 Å². The summed E-state index contributed by atoms with van der Waals surface area (Å²) in [6.45, 7) is 4.53. The maximum absolute atomic E-state index is 12.8. The lowest BCUT2D eigenvalue weighted by Gasteiger charge is -2.26. The van der Waals surface area contributed by atoms with Crippen LogP contribution in [0, 0.1) is 10.1 Å². The van der Waals surface area contributed by atoms with E-state index in [1.165, 1.54) is 12.1 Å². The Hall–Kier alpha value is -2.94. The van der Waals surface area contributed by atoms with E-state index in [0.717, 1.165) is 54.9 Å². The van der Waals surface area contributed by atoms with Crippen LogP contribution in [0.25, 0.3) is 10.9 Å². The van der Waals surface area contributed by atoms with Gasteiger partial charge in [-0.1, -0.05) is 23.7 Å². The van der Waals surface area contributed by atoms with Crippen LogP contribution in [0.3, 0.4) is 0 Å². The predicted octanol–water partition coefficient (Wildman–Crippen LogP) is 3.70. The summed E-state index contributed by atoms with van der Waals surface area (Å²) < 4.78 is 5.35. The van der Waals surface area contributed by atoms with Gasteiger partial charge in [-0.15, -0.1) is 0 Å². The summed E-state index contributed by atoms with van der Waals surface area (Å²) in [6.07, 6.45) is 2.11. The van der Waals surface area contributed by atoms with Crippen LogP contribution in [-0.2, 0) is 9.53 Å². The topological polar surface area (TPSA) is 100 Å². The number of amides is 1. The zero-order valence-corrected chi connectivity index (χ0v) is 18.3. The normalized spacial score (nSPS) is 15.5. The number of nitrogens with one attached hydrogen (secondary N) is 2. The highest BCUT2D eigenvalue weighted by atomic mass is 35.5. The minimum Gasteiger partial charge on any atom is -0.379 e. The van der Waals surface area contributed by atoms with Crippen molar-refractivity contribution < 1.29 is 14.5 Å². The molecule has 1 saturated heterocycles. The first kappa shape index (κ1) is 22.3. The highest BCUT2D eigenvalue weighted by Crippen LogP contribution is 2.35. The van der Waals surface area contributed by atoms with Gasteiger partial charge in [0, 0.05) is 72.8 Å². The number of morpholine rings is 1. The molecule has 8 nitrogen and oxygen atoms in total. The number of fused-ring (bicyclic) bond motifs is 1. The first-order chi connectivity index (χ1) is 15.5. The van der Waals surface area contributed by atoms with Gasteiger partial charge in [0.25, 0.3) is 5.69 Å². The van der Waals surface area contributed by atoms with E-state index in [2.05, 4.69) is 15.2 Å². The molecule has 1 atom stereocenters.